The van der Waals surface area contributed by atoms with E-state index in [-0.39, 0.29) is 12.4 Å². The van der Waals surface area contributed by atoms with Gasteiger partial charge in [-0.15, -0.1) is 11.3 Å². The molecule has 0 aliphatic carbocycles. The van der Waals surface area contributed by atoms with E-state index in [2.05, 4.69) is 4.98 Å². The van der Waals surface area contributed by atoms with Crippen LogP contribution in [-0.2, 0) is 6.61 Å². The van der Waals surface area contributed by atoms with Gasteiger partial charge in [0.1, 0.15) is 11.6 Å². The van der Waals surface area contributed by atoms with Crippen molar-refractivity contribution < 1.29 is 9.13 Å². The number of thiazole rings is 1. The van der Waals surface area contributed by atoms with Crippen LogP contribution in [0, 0.1) is 5.82 Å². The predicted molar refractivity (Wildman–Crippen MR) is 57.3 cm³/mol. The van der Waals surface area contributed by atoms with Gasteiger partial charge in [0, 0.05) is 23.3 Å². The lowest BCUT2D eigenvalue weighted by molar-refractivity contribution is 0.290. The summed E-state index contributed by atoms with van der Waals surface area (Å²) >= 11 is 1.47. The van der Waals surface area contributed by atoms with Crippen molar-refractivity contribution in [1.29, 1.82) is 0 Å². The Hall–Kier alpha value is -1.62. The van der Waals surface area contributed by atoms with Gasteiger partial charge < -0.3 is 10.5 Å². The number of halogens is 1. The Morgan fingerprint density at radius 3 is 3.00 bits per heavy atom. The van der Waals surface area contributed by atoms with Crippen LogP contribution >= 0.6 is 11.3 Å². The summed E-state index contributed by atoms with van der Waals surface area (Å²) in [6.07, 6.45) is 1.68. The van der Waals surface area contributed by atoms with E-state index in [1.165, 1.54) is 23.5 Å². The smallest absolute Gasteiger partial charge is 0.167 e. The van der Waals surface area contributed by atoms with Gasteiger partial charge in [-0.1, -0.05) is 0 Å². The van der Waals surface area contributed by atoms with Crippen LogP contribution in [0.15, 0.2) is 29.8 Å². The SMILES string of the molecule is Nc1ccc(OCc2nccs2)c(F)c1. The molecule has 0 aliphatic heterocycles. The fourth-order valence-electron chi connectivity index (χ4n) is 1.10. The number of aromatic nitrogens is 1. The van der Waals surface area contributed by atoms with E-state index in [1.807, 2.05) is 5.38 Å². The molecule has 2 N–H and O–H groups in total. The molecule has 0 radical (unpaired) electrons. The molecule has 0 saturated carbocycles. The van der Waals surface area contributed by atoms with Crippen molar-refractivity contribution in [3.05, 3.63) is 40.6 Å². The van der Waals surface area contributed by atoms with Gasteiger partial charge in [-0.05, 0) is 12.1 Å². The average Bonchev–Trinajstić information content (AvgIpc) is 2.69. The van der Waals surface area contributed by atoms with Gasteiger partial charge in [-0.3, -0.25) is 0 Å². The Labute approximate surface area is 90.3 Å². The second kappa shape index (κ2) is 4.27. The molecular formula is C10H9FN2OS. The molecule has 15 heavy (non-hydrogen) atoms. The number of nitrogens with zero attached hydrogens (tertiary/aromatic N) is 1. The summed E-state index contributed by atoms with van der Waals surface area (Å²) in [5.74, 6) is -0.258. The molecular weight excluding hydrogens is 215 g/mol. The van der Waals surface area contributed by atoms with E-state index in [9.17, 15) is 4.39 Å². The third-order valence-electron chi connectivity index (χ3n) is 1.79. The van der Waals surface area contributed by atoms with Crippen molar-refractivity contribution in [2.24, 2.45) is 0 Å². The zero-order valence-corrected chi connectivity index (χ0v) is 8.63. The van der Waals surface area contributed by atoms with Gasteiger partial charge in [0.25, 0.3) is 0 Å². The first kappa shape index (κ1) is 9.92. The zero-order valence-electron chi connectivity index (χ0n) is 7.81. The molecule has 1 aromatic carbocycles. The summed E-state index contributed by atoms with van der Waals surface area (Å²) in [7, 11) is 0. The van der Waals surface area contributed by atoms with Crippen LogP contribution in [0.5, 0.6) is 5.75 Å². The molecule has 0 bridgehead atoms. The van der Waals surface area contributed by atoms with Gasteiger partial charge in [-0.2, -0.15) is 0 Å². The van der Waals surface area contributed by atoms with Crippen LogP contribution in [-0.4, -0.2) is 4.98 Å². The normalized spacial score (nSPS) is 10.2. The molecule has 3 nitrogen and oxygen atoms in total. The number of ether oxygens (including phenoxy) is 1. The van der Waals surface area contributed by atoms with E-state index in [0.29, 0.717) is 5.69 Å². The van der Waals surface area contributed by atoms with Crippen molar-refractivity contribution in [1.82, 2.24) is 4.98 Å². The largest absolute Gasteiger partial charge is 0.483 e. The van der Waals surface area contributed by atoms with Crippen LogP contribution in [0.4, 0.5) is 10.1 Å². The van der Waals surface area contributed by atoms with Crippen molar-refractivity contribution >= 4 is 17.0 Å². The molecule has 1 heterocycles. The maximum absolute atomic E-state index is 13.3. The van der Waals surface area contributed by atoms with Crippen molar-refractivity contribution in [2.75, 3.05) is 5.73 Å². The summed E-state index contributed by atoms with van der Waals surface area (Å²) in [6.45, 7) is 0.276. The number of hydrogen-bond donors (Lipinski definition) is 1. The lowest BCUT2D eigenvalue weighted by Crippen LogP contribution is -1.97. The second-order valence-electron chi connectivity index (χ2n) is 2.90. The highest BCUT2D eigenvalue weighted by Gasteiger charge is 2.04. The topological polar surface area (TPSA) is 48.1 Å². The third kappa shape index (κ3) is 2.44. The van der Waals surface area contributed by atoms with E-state index in [1.54, 1.807) is 12.3 Å². The molecule has 0 aliphatic rings. The van der Waals surface area contributed by atoms with Gasteiger partial charge >= 0.3 is 0 Å². The first-order valence-electron chi connectivity index (χ1n) is 4.32. The molecule has 0 atom stereocenters. The fourth-order valence-corrected chi connectivity index (χ4v) is 1.63. The Kier molecular flexibility index (Phi) is 2.82. The van der Waals surface area contributed by atoms with E-state index in [0.717, 1.165) is 5.01 Å². The summed E-state index contributed by atoms with van der Waals surface area (Å²) in [4.78, 5) is 4.02. The van der Waals surface area contributed by atoms with Gasteiger partial charge in [0.2, 0.25) is 0 Å². The molecule has 0 saturated heterocycles. The van der Waals surface area contributed by atoms with Crippen LogP contribution < -0.4 is 10.5 Å². The Morgan fingerprint density at radius 1 is 1.47 bits per heavy atom. The summed E-state index contributed by atoms with van der Waals surface area (Å²) in [5.41, 5.74) is 5.80. The lowest BCUT2D eigenvalue weighted by atomic mass is 10.3. The highest BCUT2D eigenvalue weighted by Crippen LogP contribution is 2.20. The lowest BCUT2D eigenvalue weighted by Gasteiger charge is -2.05. The summed E-state index contributed by atoms with van der Waals surface area (Å²) < 4.78 is 18.5. The minimum Gasteiger partial charge on any atom is -0.483 e. The molecule has 2 rings (SSSR count). The molecule has 5 heteroatoms. The maximum atomic E-state index is 13.3. The molecule has 0 fully saturated rings. The Morgan fingerprint density at radius 2 is 2.33 bits per heavy atom. The minimum absolute atomic E-state index is 0.194. The monoisotopic (exact) mass is 224 g/mol. The first-order chi connectivity index (χ1) is 7.25. The number of nitrogens with two attached hydrogens (primary N) is 1. The molecule has 0 unspecified atom stereocenters. The van der Waals surface area contributed by atoms with Crippen LogP contribution in [0.2, 0.25) is 0 Å². The molecule has 2 aromatic rings. The third-order valence-corrected chi connectivity index (χ3v) is 2.54. The molecule has 0 amide bonds. The number of hydrogen-bond acceptors (Lipinski definition) is 4. The standard InChI is InChI=1S/C10H9FN2OS/c11-8-5-7(12)1-2-9(8)14-6-10-13-3-4-15-10/h1-5H,6,12H2. The predicted octanol–water partition coefficient (Wildman–Crippen LogP) is 2.44. The Balaban J connectivity index is 2.05. The first-order valence-corrected chi connectivity index (χ1v) is 5.20. The minimum atomic E-state index is -0.452. The average molecular weight is 224 g/mol. The van der Waals surface area contributed by atoms with Crippen molar-refractivity contribution in [2.45, 2.75) is 6.61 Å². The summed E-state index contributed by atoms with van der Waals surface area (Å²) in [5, 5.41) is 2.66. The van der Waals surface area contributed by atoms with Crippen molar-refractivity contribution in [3.63, 3.8) is 0 Å². The molecule has 78 valence electrons. The second-order valence-corrected chi connectivity index (χ2v) is 3.88. The highest BCUT2D eigenvalue weighted by atomic mass is 32.1. The quantitative estimate of drug-likeness (QED) is 0.814. The number of nitrogen functional groups attached to an aromatic ring is 1. The maximum Gasteiger partial charge on any atom is 0.167 e. The van der Waals surface area contributed by atoms with E-state index in [4.69, 9.17) is 10.5 Å². The number of rotatable bonds is 3. The van der Waals surface area contributed by atoms with Crippen molar-refractivity contribution in [3.8, 4) is 5.75 Å². The summed E-state index contributed by atoms with van der Waals surface area (Å²) in [6, 6.07) is 4.34. The van der Waals surface area contributed by atoms with E-state index >= 15 is 0 Å². The highest BCUT2D eigenvalue weighted by molar-refractivity contribution is 7.09. The van der Waals surface area contributed by atoms with Crippen LogP contribution in [0.3, 0.4) is 0 Å². The Bertz CT molecular complexity index is 445. The van der Waals surface area contributed by atoms with Gasteiger partial charge in [-0.25, -0.2) is 9.37 Å². The molecule has 0 spiro atoms. The van der Waals surface area contributed by atoms with Crippen LogP contribution in [0.25, 0.3) is 0 Å². The molecule has 1 aromatic heterocycles. The number of benzene rings is 1. The zero-order chi connectivity index (χ0) is 10.7. The fraction of sp³-hybridized carbons (Fsp3) is 0.100. The van der Waals surface area contributed by atoms with Gasteiger partial charge in [0.15, 0.2) is 11.6 Å². The van der Waals surface area contributed by atoms with Gasteiger partial charge in [0.05, 0.1) is 0 Å². The number of anilines is 1. The van der Waals surface area contributed by atoms with E-state index < -0.39 is 5.82 Å². The van der Waals surface area contributed by atoms with Crippen LogP contribution in [0.1, 0.15) is 5.01 Å².